The standard InChI is InChI=1S/C15H18Cl2N2O/c1-4-18(5-2)15(20)10(3)19-7-6-12-13(17)8-11(16)9-14(12)19/h6-10H,4-5H2,1-3H3. The number of carbonyl (C=O) groups is 1. The maximum Gasteiger partial charge on any atom is 0.245 e. The minimum absolute atomic E-state index is 0.101. The highest BCUT2D eigenvalue weighted by atomic mass is 35.5. The van der Waals surface area contributed by atoms with E-state index in [0.717, 1.165) is 10.9 Å². The topological polar surface area (TPSA) is 25.2 Å². The maximum atomic E-state index is 12.5. The molecule has 0 aliphatic carbocycles. The number of nitrogens with zero attached hydrogens (tertiary/aromatic N) is 2. The Labute approximate surface area is 129 Å². The van der Waals surface area contributed by atoms with Crippen LogP contribution in [0.4, 0.5) is 0 Å². The molecule has 1 heterocycles. The van der Waals surface area contributed by atoms with Crippen molar-refractivity contribution in [1.82, 2.24) is 9.47 Å². The number of hydrogen-bond acceptors (Lipinski definition) is 1. The van der Waals surface area contributed by atoms with E-state index >= 15 is 0 Å². The van der Waals surface area contributed by atoms with Gasteiger partial charge >= 0.3 is 0 Å². The van der Waals surface area contributed by atoms with Gasteiger partial charge in [0.1, 0.15) is 6.04 Å². The summed E-state index contributed by atoms with van der Waals surface area (Å²) in [6.07, 6.45) is 1.89. The first kappa shape index (κ1) is 15.2. The molecule has 0 bridgehead atoms. The Kier molecular flexibility index (Phi) is 4.61. The molecule has 0 aliphatic heterocycles. The number of benzene rings is 1. The molecule has 5 heteroatoms. The summed E-state index contributed by atoms with van der Waals surface area (Å²) in [5, 5.41) is 2.09. The first-order valence-corrected chi connectivity index (χ1v) is 7.49. The van der Waals surface area contributed by atoms with Crippen LogP contribution in [0.3, 0.4) is 0 Å². The maximum absolute atomic E-state index is 12.5. The molecule has 20 heavy (non-hydrogen) atoms. The molecule has 1 atom stereocenters. The van der Waals surface area contributed by atoms with E-state index in [1.54, 1.807) is 6.07 Å². The monoisotopic (exact) mass is 312 g/mol. The first-order chi connectivity index (χ1) is 9.49. The van der Waals surface area contributed by atoms with Gasteiger partial charge in [-0.25, -0.2) is 0 Å². The number of rotatable bonds is 4. The number of hydrogen-bond donors (Lipinski definition) is 0. The van der Waals surface area contributed by atoms with Crippen molar-refractivity contribution in [1.29, 1.82) is 0 Å². The lowest BCUT2D eigenvalue weighted by atomic mass is 10.2. The highest BCUT2D eigenvalue weighted by molar-refractivity contribution is 6.38. The fraction of sp³-hybridized carbons (Fsp3) is 0.400. The van der Waals surface area contributed by atoms with E-state index in [9.17, 15) is 4.79 Å². The van der Waals surface area contributed by atoms with Crippen molar-refractivity contribution in [3.8, 4) is 0 Å². The average molecular weight is 313 g/mol. The third-order valence-corrected chi connectivity index (χ3v) is 4.13. The van der Waals surface area contributed by atoms with Gasteiger partial charge in [-0.1, -0.05) is 23.2 Å². The number of amides is 1. The zero-order valence-electron chi connectivity index (χ0n) is 11.9. The van der Waals surface area contributed by atoms with Crippen LogP contribution in [0.15, 0.2) is 24.4 Å². The molecule has 1 aromatic carbocycles. The van der Waals surface area contributed by atoms with Gasteiger partial charge in [0.05, 0.1) is 10.5 Å². The summed E-state index contributed by atoms with van der Waals surface area (Å²) in [5.41, 5.74) is 0.885. The second-order valence-electron chi connectivity index (χ2n) is 4.73. The highest BCUT2D eigenvalue weighted by Gasteiger charge is 2.21. The van der Waals surface area contributed by atoms with Crippen LogP contribution in [-0.2, 0) is 4.79 Å². The molecule has 0 fully saturated rings. The average Bonchev–Trinajstić information content (AvgIpc) is 2.83. The SMILES string of the molecule is CCN(CC)C(=O)C(C)n1ccc2c(Cl)cc(Cl)cc21. The zero-order valence-corrected chi connectivity index (χ0v) is 13.4. The third kappa shape index (κ3) is 2.65. The van der Waals surface area contributed by atoms with Gasteiger partial charge in [-0.2, -0.15) is 0 Å². The Balaban J connectivity index is 2.45. The lowest BCUT2D eigenvalue weighted by Crippen LogP contribution is -2.35. The van der Waals surface area contributed by atoms with Gasteiger partial charge in [0.15, 0.2) is 0 Å². The van der Waals surface area contributed by atoms with E-state index in [1.165, 1.54) is 0 Å². The normalized spacial score (nSPS) is 12.7. The Morgan fingerprint density at radius 1 is 1.30 bits per heavy atom. The number of halogens is 2. The summed E-state index contributed by atoms with van der Waals surface area (Å²) < 4.78 is 1.92. The summed E-state index contributed by atoms with van der Waals surface area (Å²) in [4.78, 5) is 14.3. The van der Waals surface area contributed by atoms with E-state index in [-0.39, 0.29) is 11.9 Å². The van der Waals surface area contributed by atoms with Crippen LogP contribution >= 0.6 is 23.2 Å². The van der Waals surface area contributed by atoms with Gasteiger partial charge in [0, 0.05) is 29.7 Å². The Morgan fingerprint density at radius 2 is 1.95 bits per heavy atom. The zero-order chi connectivity index (χ0) is 14.9. The molecule has 2 rings (SSSR count). The molecular formula is C15H18Cl2N2O. The van der Waals surface area contributed by atoms with Crippen molar-refractivity contribution in [2.45, 2.75) is 26.8 Å². The molecule has 0 saturated heterocycles. The molecule has 0 saturated carbocycles. The molecule has 1 unspecified atom stereocenters. The number of aromatic nitrogens is 1. The molecule has 108 valence electrons. The van der Waals surface area contributed by atoms with Gasteiger partial charge < -0.3 is 9.47 Å². The second kappa shape index (κ2) is 6.06. The predicted octanol–water partition coefficient (Wildman–Crippen LogP) is 4.38. The molecule has 2 aromatic rings. The largest absolute Gasteiger partial charge is 0.341 e. The van der Waals surface area contributed by atoms with Gasteiger partial charge in [-0.3, -0.25) is 4.79 Å². The highest BCUT2D eigenvalue weighted by Crippen LogP contribution is 2.30. The van der Waals surface area contributed by atoms with Crippen molar-refractivity contribution < 1.29 is 4.79 Å². The van der Waals surface area contributed by atoms with Gasteiger partial charge in [-0.05, 0) is 39.0 Å². The van der Waals surface area contributed by atoms with Crippen molar-refractivity contribution in [3.05, 3.63) is 34.4 Å². The lowest BCUT2D eigenvalue weighted by molar-refractivity contribution is -0.133. The Bertz CT molecular complexity index is 632. The molecule has 0 N–H and O–H groups in total. The molecule has 1 aromatic heterocycles. The van der Waals surface area contributed by atoms with Crippen molar-refractivity contribution in [3.63, 3.8) is 0 Å². The third-order valence-electron chi connectivity index (χ3n) is 3.60. The number of carbonyl (C=O) groups excluding carboxylic acids is 1. The van der Waals surface area contributed by atoms with Crippen LogP contribution < -0.4 is 0 Å². The molecule has 0 aliphatic rings. The summed E-state index contributed by atoms with van der Waals surface area (Å²) in [7, 11) is 0. The van der Waals surface area contributed by atoms with Crippen LogP contribution in [0, 0.1) is 0 Å². The molecule has 1 amide bonds. The minimum atomic E-state index is -0.276. The molecule has 0 radical (unpaired) electrons. The van der Waals surface area contributed by atoms with E-state index in [0.29, 0.717) is 23.1 Å². The van der Waals surface area contributed by atoms with Gasteiger partial charge in [0.25, 0.3) is 0 Å². The van der Waals surface area contributed by atoms with E-state index in [1.807, 2.05) is 48.6 Å². The van der Waals surface area contributed by atoms with Crippen LogP contribution in [-0.4, -0.2) is 28.5 Å². The smallest absolute Gasteiger partial charge is 0.245 e. The Morgan fingerprint density at radius 3 is 2.55 bits per heavy atom. The number of fused-ring (bicyclic) bond motifs is 1. The lowest BCUT2D eigenvalue weighted by Gasteiger charge is -2.24. The van der Waals surface area contributed by atoms with Crippen molar-refractivity contribution in [2.75, 3.05) is 13.1 Å². The van der Waals surface area contributed by atoms with E-state index < -0.39 is 0 Å². The summed E-state index contributed by atoms with van der Waals surface area (Å²) in [5.74, 6) is 0.101. The quantitative estimate of drug-likeness (QED) is 0.822. The summed E-state index contributed by atoms with van der Waals surface area (Å²) in [6, 6.07) is 5.20. The second-order valence-corrected chi connectivity index (χ2v) is 5.57. The van der Waals surface area contributed by atoms with Gasteiger partial charge in [0.2, 0.25) is 5.91 Å². The fourth-order valence-corrected chi connectivity index (χ4v) is 2.99. The molecule has 0 spiro atoms. The summed E-state index contributed by atoms with van der Waals surface area (Å²) in [6.45, 7) is 7.28. The van der Waals surface area contributed by atoms with Crippen LogP contribution in [0.1, 0.15) is 26.8 Å². The van der Waals surface area contributed by atoms with Gasteiger partial charge in [-0.15, -0.1) is 0 Å². The summed E-state index contributed by atoms with van der Waals surface area (Å²) >= 11 is 12.2. The minimum Gasteiger partial charge on any atom is -0.341 e. The molecular weight excluding hydrogens is 295 g/mol. The Hall–Kier alpha value is -1.19. The number of likely N-dealkylation sites (N-methyl/N-ethyl adjacent to an activating group) is 1. The van der Waals surface area contributed by atoms with Crippen molar-refractivity contribution >= 4 is 40.0 Å². The van der Waals surface area contributed by atoms with E-state index in [4.69, 9.17) is 23.2 Å². The van der Waals surface area contributed by atoms with Crippen LogP contribution in [0.2, 0.25) is 10.0 Å². The fourth-order valence-electron chi connectivity index (χ4n) is 2.44. The molecule has 3 nitrogen and oxygen atoms in total. The predicted molar refractivity (Wildman–Crippen MR) is 84.6 cm³/mol. The van der Waals surface area contributed by atoms with Crippen LogP contribution in [0.5, 0.6) is 0 Å². The van der Waals surface area contributed by atoms with E-state index in [2.05, 4.69) is 0 Å². The van der Waals surface area contributed by atoms with Crippen molar-refractivity contribution in [2.24, 2.45) is 0 Å². The van der Waals surface area contributed by atoms with Crippen LogP contribution in [0.25, 0.3) is 10.9 Å². The first-order valence-electron chi connectivity index (χ1n) is 6.74.